The number of carbonyl (C=O) groups excluding carboxylic acids is 1. The molecule has 0 aliphatic carbocycles. The third-order valence-electron chi connectivity index (χ3n) is 4.17. The number of nitrogens with zero attached hydrogens (tertiary/aromatic N) is 1. The van der Waals surface area contributed by atoms with Crippen molar-refractivity contribution in [1.82, 2.24) is 15.5 Å². The Morgan fingerprint density at radius 1 is 1.35 bits per heavy atom. The fourth-order valence-electron chi connectivity index (χ4n) is 2.93. The molecule has 5 heteroatoms. The van der Waals surface area contributed by atoms with Crippen molar-refractivity contribution < 1.29 is 9.53 Å². The highest BCUT2D eigenvalue weighted by Gasteiger charge is 2.26. The Balaban J connectivity index is 1.60. The normalized spacial score (nSPS) is 25.2. The Hall–Kier alpha value is -0.650. The summed E-state index contributed by atoms with van der Waals surface area (Å²) in [5, 5.41) is 6.45. The molecule has 0 bridgehead atoms. The van der Waals surface area contributed by atoms with Crippen LogP contribution in [0, 0.1) is 0 Å². The summed E-state index contributed by atoms with van der Waals surface area (Å²) in [6, 6.07) is 0.402. The maximum Gasteiger partial charge on any atom is 0.237 e. The van der Waals surface area contributed by atoms with Gasteiger partial charge in [-0.15, -0.1) is 0 Å². The monoisotopic (exact) mass is 283 g/mol. The number of likely N-dealkylation sites (tertiary alicyclic amines) is 1. The molecular weight excluding hydrogens is 254 g/mol. The minimum Gasteiger partial charge on any atom is -0.377 e. The highest BCUT2D eigenvalue weighted by molar-refractivity contribution is 5.82. The first-order valence-corrected chi connectivity index (χ1v) is 8.03. The molecule has 2 aliphatic heterocycles. The zero-order chi connectivity index (χ0) is 14.4. The number of carbonyl (C=O) groups is 1. The van der Waals surface area contributed by atoms with Gasteiger partial charge in [0, 0.05) is 25.7 Å². The predicted molar refractivity (Wildman–Crippen MR) is 79.7 cm³/mol. The molecule has 0 unspecified atom stereocenters. The van der Waals surface area contributed by atoms with Crippen LogP contribution < -0.4 is 10.6 Å². The number of piperidine rings is 1. The van der Waals surface area contributed by atoms with E-state index in [0.29, 0.717) is 12.1 Å². The topological polar surface area (TPSA) is 53.6 Å². The van der Waals surface area contributed by atoms with E-state index < -0.39 is 0 Å². The third-order valence-corrected chi connectivity index (χ3v) is 4.17. The van der Waals surface area contributed by atoms with Crippen LogP contribution in [-0.2, 0) is 9.53 Å². The maximum absolute atomic E-state index is 12.0. The van der Waals surface area contributed by atoms with Gasteiger partial charge in [-0.05, 0) is 46.1 Å². The summed E-state index contributed by atoms with van der Waals surface area (Å²) in [6.07, 6.45) is 4.52. The first kappa shape index (κ1) is 15.7. The van der Waals surface area contributed by atoms with Crippen molar-refractivity contribution in [2.45, 2.75) is 57.7 Å². The lowest BCUT2D eigenvalue weighted by Gasteiger charge is -2.32. The summed E-state index contributed by atoms with van der Waals surface area (Å²) >= 11 is 0. The molecule has 116 valence electrons. The Kier molecular flexibility index (Phi) is 6.26. The standard InChI is InChI=1S/C15H29N3O2/c1-12(2)20-11-10-18-8-5-13(6-9-18)17-15(19)14-4-3-7-16-14/h12-14,16H,3-11H2,1-2H3,(H,17,19)/t14-/m0/s1. The largest absolute Gasteiger partial charge is 0.377 e. The Morgan fingerprint density at radius 2 is 2.10 bits per heavy atom. The van der Waals surface area contributed by atoms with E-state index >= 15 is 0 Å². The second-order valence-corrected chi connectivity index (χ2v) is 6.19. The lowest BCUT2D eigenvalue weighted by atomic mass is 10.0. The fraction of sp³-hybridized carbons (Fsp3) is 0.933. The SMILES string of the molecule is CC(C)OCCN1CCC(NC(=O)[C@@H]2CCCN2)CC1. The molecule has 0 radical (unpaired) electrons. The van der Waals surface area contributed by atoms with E-state index in [-0.39, 0.29) is 11.9 Å². The third kappa shape index (κ3) is 5.04. The summed E-state index contributed by atoms with van der Waals surface area (Å²) in [6.45, 7) is 9.04. The van der Waals surface area contributed by atoms with Crippen molar-refractivity contribution in [2.75, 3.05) is 32.8 Å². The van der Waals surface area contributed by atoms with Crippen molar-refractivity contribution in [3.63, 3.8) is 0 Å². The first-order valence-electron chi connectivity index (χ1n) is 8.03. The Morgan fingerprint density at radius 3 is 2.70 bits per heavy atom. The van der Waals surface area contributed by atoms with E-state index in [0.717, 1.165) is 58.5 Å². The molecular formula is C15H29N3O2. The maximum atomic E-state index is 12.0. The summed E-state index contributed by atoms with van der Waals surface area (Å²) in [5.41, 5.74) is 0. The smallest absolute Gasteiger partial charge is 0.237 e. The lowest BCUT2D eigenvalue weighted by Crippen LogP contribution is -2.49. The molecule has 5 nitrogen and oxygen atoms in total. The number of hydrogen-bond acceptors (Lipinski definition) is 4. The van der Waals surface area contributed by atoms with E-state index in [4.69, 9.17) is 4.74 Å². The first-order chi connectivity index (χ1) is 9.65. The highest BCUT2D eigenvalue weighted by atomic mass is 16.5. The second kappa shape index (κ2) is 7.96. The summed E-state index contributed by atoms with van der Waals surface area (Å²) in [4.78, 5) is 14.5. The molecule has 1 atom stereocenters. The number of amides is 1. The molecule has 2 rings (SSSR count). The van der Waals surface area contributed by atoms with Crippen molar-refractivity contribution in [2.24, 2.45) is 0 Å². The molecule has 0 aromatic carbocycles. The van der Waals surface area contributed by atoms with Crippen LogP contribution in [0.15, 0.2) is 0 Å². The van der Waals surface area contributed by atoms with Gasteiger partial charge in [0.25, 0.3) is 0 Å². The molecule has 1 amide bonds. The van der Waals surface area contributed by atoms with Gasteiger partial charge in [-0.25, -0.2) is 0 Å². The summed E-state index contributed by atoms with van der Waals surface area (Å²) in [7, 11) is 0. The van der Waals surface area contributed by atoms with Gasteiger partial charge in [0.1, 0.15) is 0 Å². The fourth-order valence-corrected chi connectivity index (χ4v) is 2.93. The van der Waals surface area contributed by atoms with Gasteiger partial charge in [-0.1, -0.05) is 0 Å². The van der Waals surface area contributed by atoms with E-state index in [1.165, 1.54) is 0 Å². The van der Waals surface area contributed by atoms with Crippen LogP contribution in [0.4, 0.5) is 0 Å². The van der Waals surface area contributed by atoms with E-state index in [9.17, 15) is 4.79 Å². The van der Waals surface area contributed by atoms with Crippen LogP contribution in [0.5, 0.6) is 0 Å². The molecule has 0 aromatic heterocycles. The molecule has 0 spiro atoms. The predicted octanol–water partition coefficient (Wildman–Crippen LogP) is 0.744. The Bertz CT molecular complexity index is 295. The van der Waals surface area contributed by atoms with Crippen molar-refractivity contribution in [1.29, 1.82) is 0 Å². The molecule has 2 saturated heterocycles. The number of ether oxygens (including phenoxy) is 1. The van der Waals surface area contributed by atoms with Crippen LogP contribution in [0.25, 0.3) is 0 Å². The van der Waals surface area contributed by atoms with Gasteiger partial charge < -0.3 is 20.3 Å². The number of nitrogens with one attached hydrogen (secondary N) is 2. The number of rotatable bonds is 6. The van der Waals surface area contributed by atoms with E-state index in [1.54, 1.807) is 0 Å². The molecule has 0 aromatic rings. The highest BCUT2D eigenvalue weighted by Crippen LogP contribution is 2.12. The van der Waals surface area contributed by atoms with Crippen LogP contribution in [0.1, 0.15) is 39.5 Å². The summed E-state index contributed by atoms with van der Waals surface area (Å²) in [5.74, 6) is 0.198. The van der Waals surface area contributed by atoms with Gasteiger partial charge in [0.2, 0.25) is 5.91 Å². The van der Waals surface area contributed by atoms with Gasteiger partial charge in [-0.3, -0.25) is 4.79 Å². The van der Waals surface area contributed by atoms with Crippen LogP contribution in [0.3, 0.4) is 0 Å². The quantitative estimate of drug-likeness (QED) is 0.755. The van der Waals surface area contributed by atoms with E-state index in [2.05, 4.69) is 29.4 Å². The van der Waals surface area contributed by atoms with Crippen LogP contribution >= 0.6 is 0 Å². The minimum absolute atomic E-state index is 0.0486. The van der Waals surface area contributed by atoms with Gasteiger partial charge in [0.15, 0.2) is 0 Å². The van der Waals surface area contributed by atoms with Gasteiger partial charge in [-0.2, -0.15) is 0 Å². The summed E-state index contributed by atoms with van der Waals surface area (Å²) < 4.78 is 5.58. The van der Waals surface area contributed by atoms with Gasteiger partial charge in [0.05, 0.1) is 18.8 Å². The number of hydrogen-bond donors (Lipinski definition) is 2. The van der Waals surface area contributed by atoms with Crippen LogP contribution in [-0.4, -0.2) is 61.8 Å². The van der Waals surface area contributed by atoms with Gasteiger partial charge >= 0.3 is 0 Å². The molecule has 2 N–H and O–H groups in total. The average Bonchev–Trinajstić information content (AvgIpc) is 2.94. The lowest BCUT2D eigenvalue weighted by molar-refractivity contribution is -0.123. The zero-order valence-electron chi connectivity index (χ0n) is 12.9. The van der Waals surface area contributed by atoms with Crippen molar-refractivity contribution in [3.05, 3.63) is 0 Å². The molecule has 20 heavy (non-hydrogen) atoms. The zero-order valence-corrected chi connectivity index (χ0v) is 12.9. The molecule has 2 fully saturated rings. The molecule has 2 aliphatic rings. The second-order valence-electron chi connectivity index (χ2n) is 6.19. The van der Waals surface area contributed by atoms with Crippen molar-refractivity contribution >= 4 is 5.91 Å². The van der Waals surface area contributed by atoms with Crippen molar-refractivity contribution in [3.8, 4) is 0 Å². The average molecular weight is 283 g/mol. The minimum atomic E-state index is 0.0486. The molecule has 0 saturated carbocycles. The van der Waals surface area contributed by atoms with E-state index in [1.807, 2.05) is 0 Å². The van der Waals surface area contributed by atoms with Crippen LogP contribution in [0.2, 0.25) is 0 Å². The Labute approximate surface area is 122 Å². The molecule has 2 heterocycles.